The van der Waals surface area contributed by atoms with Gasteiger partial charge in [-0.1, -0.05) is 12.1 Å². The van der Waals surface area contributed by atoms with Crippen molar-refractivity contribution in [1.29, 1.82) is 0 Å². The molecule has 106 valence electrons. The normalized spacial score (nSPS) is 17.4. The van der Waals surface area contributed by atoms with Crippen LogP contribution in [0.15, 0.2) is 18.2 Å². The van der Waals surface area contributed by atoms with Gasteiger partial charge in [0.05, 0.1) is 12.7 Å². The van der Waals surface area contributed by atoms with Crippen LogP contribution in [0.5, 0.6) is 11.5 Å². The number of rotatable bonds is 6. The Morgan fingerprint density at radius 3 is 2.68 bits per heavy atom. The molecule has 1 aliphatic carbocycles. The SMILES string of the molecule is CCOc1cccc(CC(C)N)c1OC1CCCC1. The van der Waals surface area contributed by atoms with E-state index in [4.69, 9.17) is 15.2 Å². The molecule has 2 rings (SSSR count). The van der Waals surface area contributed by atoms with Gasteiger partial charge in [0.25, 0.3) is 0 Å². The van der Waals surface area contributed by atoms with Gasteiger partial charge in [-0.05, 0) is 57.6 Å². The number of hydrogen-bond donors (Lipinski definition) is 1. The molecule has 3 heteroatoms. The smallest absolute Gasteiger partial charge is 0.164 e. The minimum atomic E-state index is 0.128. The van der Waals surface area contributed by atoms with Crippen molar-refractivity contribution < 1.29 is 9.47 Å². The van der Waals surface area contributed by atoms with Crippen LogP contribution in [0.2, 0.25) is 0 Å². The molecule has 1 atom stereocenters. The van der Waals surface area contributed by atoms with E-state index in [1.165, 1.54) is 12.8 Å². The summed E-state index contributed by atoms with van der Waals surface area (Å²) in [5.41, 5.74) is 7.09. The van der Waals surface area contributed by atoms with Crippen LogP contribution >= 0.6 is 0 Å². The zero-order chi connectivity index (χ0) is 13.7. The van der Waals surface area contributed by atoms with Crippen LogP contribution in [0.25, 0.3) is 0 Å². The molecule has 1 aliphatic rings. The number of ether oxygens (including phenoxy) is 2. The highest BCUT2D eigenvalue weighted by molar-refractivity contribution is 5.47. The Hall–Kier alpha value is -1.22. The molecule has 1 saturated carbocycles. The van der Waals surface area contributed by atoms with Crippen LogP contribution < -0.4 is 15.2 Å². The van der Waals surface area contributed by atoms with E-state index in [9.17, 15) is 0 Å². The molecular weight excluding hydrogens is 238 g/mol. The molecule has 1 unspecified atom stereocenters. The summed E-state index contributed by atoms with van der Waals surface area (Å²) in [5.74, 6) is 1.76. The van der Waals surface area contributed by atoms with Gasteiger partial charge >= 0.3 is 0 Å². The Kier molecular flexibility index (Phi) is 5.08. The molecule has 0 aliphatic heterocycles. The second-order valence-electron chi connectivity index (χ2n) is 5.38. The standard InChI is InChI=1S/C16H25NO2/c1-3-18-15-10-6-7-13(11-12(2)17)16(15)19-14-8-4-5-9-14/h6-7,10,12,14H,3-5,8-9,11,17H2,1-2H3. The van der Waals surface area contributed by atoms with Crippen molar-refractivity contribution in [3.05, 3.63) is 23.8 Å². The maximum absolute atomic E-state index is 6.21. The maximum Gasteiger partial charge on any atom is 0.164 e. The van der Waals surface area contributed by atoms with E-state index in [-0.39, 0.29) is 6.04 Å². The lowest BCUT2D eigenvalue weighted by atomic mass is 10.1. The molecular formula is C16H25NO2. The highest BCUT2D eigenvalue weighted by atomic mass is 16.5. The van der Waals surface area contributed by atoms with Gasteiger partial charge in [0, 0.05) is 6.04 Å². The molecule has 0 aromatic heterocycles. The monoisotopic (exact) mass is 263 g/mol. The summed E-state index contributed by atoms with van der Waals surface area (Å²) < 4.78 is 11.9. The van der Waals surface area contributed by atoms with Gasteiger partial charge in [-0.15, -0.1) is 0 Å². The molecule has 0 spiro atoms. The van der Waals surface area contributed by atoms with E-state index < -0.39 is 0 Å². The predicted molar refractivity (Wildman–Crippen MR) is 77.8 cm³/mol. The van der Waals surface area contributed by atoms with E-state index in [0.717, 1.165) is 36.3 Å². The fraction of sp³-hybridized carbons (Fsp3) is 0.625. The third kappa shape index (κ3) is 3.87. The second-order valence-corrected chi connectivity index (χ2v) is 5.38. The van der Waals surface area contributed by atoms with Gasteiger partial charge in [0.1, 0.15) is 0 Å². The van der Waals surface area contributed by atoms with Crippen molar-refractivity contribution in [3.8, 4) is 11.5 Å². The van der Waals surface area contributed by atoms with Crippen molar-refractivity contribution >= 4 is 0 Å². The molecule has 1 aromatic carbocycles. The Bertz CT molecular complexity index is 398. The lowest BCUT2D eigenvalue weighted by Crippen LogP contribution is -2.20. The minimum absolute atomic E-state index is 0.128. The van der Waals surface area contributed by atoms with Crippen molar-refractivity contribution in [2.75, 3.05) is 6.61 Å². The lowest BCUT2D eigenvalue weighted by Gasteiger charge is -2.20. The molecule has 1 aromatic rings. The highest BCUT2D eigenvalue weighted by Gasteiger charge is 2.20. The van der Waals surface area contributed by atoms with Gasteiger partial charge in [-0.2, -0.15) is 0 Å². The van der Waals surface area contributed by atoms with Crippen LogP contribution in [0.3, 0.4) is 0 Å². The van der Waals surface area contributed by atoms with Crippen LogP contribution in [0.1, 0.15) is 45.1 Å². The first-order valence-electron chi connectivity index (χ1n) is 7.37. The topological polar surface area (TPSA) is 44.5 Å². The van der Waals surface area contributed by atoms with Crippen LogP contribution in [-0.2, 0) is 6.42 Å². The van der Waals surface area contributed by atoms with Crippen molar-refractivity contribution in [1.82, 2.24) is 0 Å². The fourth-order valence-electron chi connectivity index (χ4n) is 2.64. The minimum Gasteiger partial charge on any atom is -0.490 e. The Labute approximate surface area is 116 Å². The Morgan fingerprint density at radius 2 is 2.05 bits per heavy atom. The summed E-state index contributed by atoms with van der Waals surface area (Å²) in [7, 11) is 0. The highest BCUT2D eigenvalue weighted by Crippen LogP contribution is 2.35. The molecule has 2 N–H and O–H groups in total. The fourth-order valence-corrected chi connectivity index (χ4v) is 2.64. The number of benzene rings is 1. The van der Waals surface area contributed by atoms with Gasteiger partial charge < -0.3 is 15.2 Å². The van der Waals surface area contributed by atoms with Gasteiger partial charge in [0.15, 0.2) is 11.5 Å². The third-order valence-corrected chi connectivity index (χ3v) is 3.49. The first-order chi connectivity index (χ1) is 9.20. The first-order valence-corrected chi connectivity index (χ1v) is 7.37. The average Bonchev–Trinajstić information content (AvgIpc) is 2.85. The molecule has 0 radical (unpaired) electrons. The first kappa shape index (κ1) is 14.2. The summed E-state index contributed by atoms with van der Waals surface area (Å²) in [4.78, 5) is 0. The van der Waals surface area contributed by atoms with E-state index in [1.807, 2.05) is 26.0 Å². The van der Waals surface area contributed by atoms with Crippen molar-refractivity contribution in [2.45, 2.75) is 58.1 Å². The zero-order valence-corrected chi connectivity index (χ0v) is 12.0. The molecule has 0 bridgehead atoms. The van der Waals surface area contributed by atoms with Gasteiger partial charge in [0.2, 0.25) is 0 Å². The van der Waals surface area contributed by atoms with E-state index in [0.29, 0.717) is 12.7 Å². The number of hydrogen-bond acceptors (Lipinski definition) is 3. The summed E-state index contributed by atoms with van der Waals surface area (Å²) in [5, 5.41) is 0. The largest absolute Gasteiger partial charge is 0.490 e. The Morgan fingerprint density at radius 1 is 1.32 bits per heavy atom. The molecule has 19 heavy (non-hydrogen) atoms. The summed E-state index contributed by atoms with van der Waals surface area (Å²) in [6, 6.07) is 6.22. The number of para-hydroxylation sites is 1. The summed E-state index contributed by atoms with van der Waals surface area (Å²) in [6.07, 6.45) is 6.00. The van der Waals surface area contributed by atoms with E-state index >= 15 is 0 Å². The molecule has 3 nitrogen and oxygen atoms in total. The second kappa shape index (κ2) is 6.80. The van der Waals surface area contributed by atoms with Crippen LogP contribution in [-0.4, -0.2) is 18.8 Å². The van der Waals surface area contributed by atoms with Gasteiger partial charge in [-0.25, -0.2) is 0 Å². The zero-order valence-electron chi connectivity index (χ0n) is 12.0. The van der Waals surface area contributed by atoms with Crippen molar-refractivity contribution in [2.24, 2.45) is 5.73 Å². The maximum atomic E-state index is 6.21. The van der Waals surface area contributed by atoms with Crippen molar-refractivity contribution in [3.63, 3.8) is 0 Å². The quantitative estimate of drug-likeness (QED) is 0.856. The molecule has 0 heterocycles. The molecule has 0 amide bonds. The van der Waals surface area contributed by atoms with E-state index in [2.05, 4.69) is 6.07 Å². The summed E-state index contributed by atoms with van der Waals surface area (Å²) in [6.45, 7) is 4.67. The predicted octanol–water partition coefficient (Wildman–Crippen LogP) is 3.30. The van der Waals surface area contributed by atoms with Crippen LogP contribution in [0.4, 0.5) is 0 Å². The average molecular weight is 263 g/mol. The Balaban J connectivity index is 2.22. The lowest BCUT2D eigenvalue weighted by molar-refractivity contribution is 0.194. The third-order valence-electron chi connectivity index (χ3n) is 3.49. The summed E-state index contributed by atoms with van der Waals surface area (Å²) >= 11 is 0. The van der Waals surface area contributed by atoms with Gasteiger partial charge in [-0.3, -0.25) is 0 Å². The van der Waals surface area contributed by atoms with E-state index in [1.54, 1.807) is 0 Å². The number of nitrogens with two attached hydrogens (primary N) is 1. The molecule has 0 saturated heterocycles. The molecule has 1 fully saturated rings. The van der Waals surface area contributed by atoms with Crippen LogP contribution in [0, 0.1) is 0 Å².